The van der Waals surface area contributed by atoms with Gasteiger partial charge in [0.05, 0.1) is 5.92 Å². The van der Waals surface area contributed by atoms with E-state index in [0.29, 0.717) is 37.2 Å². The minimum Gasteiger partial charge on any atom is -0.369 e. The van der Waals surface area contributed by atoms with E-state index in [1.807, 2.05) is 4.90 Å². The number of piperidine rings is 2. The van der Waals surface area contributed by atoms with Gasteiger partial charge in [0.25, 0.3) is 0 Å². The summed E-state index contributed by atoms with van der Waals surface area (Å²) in [4.78, 5) is 25.2. The largest absolute Gasteiger partial charge is 0.369 e. The highest BCUT2D eigenvalue weighted by Crippen LogP contribution is 2.32. The van der Waals surface area contributed by atoms with Crippen molar-refractivity contribution in [2.75, 3.05) is 36.4 Å². The number of benzene rings is 2. The summed E-state index contributed by atoms with van der Waals surface area (Å²) in [5.41, 5.74) is 6.14. The van der Waals surface area contributed by atoms with Crippen molar-refractivity contribution < 1.29 is 22.4 Å². The topological polar surface area (TPSA) is 87.4 Å². The second kappa shape index (κ2) is 11.6. The Balaban J connectivity index is 1.35. The third-order valence-corrected chi connectivity index (χ3v) is 7.58. The first-order valence-electron chi connectivity index (χ1n) is 13.1. The third kappa shape index (κ3) is 6.13. The molecule has 0 bridgehead atoms. The van der Waals surface area contributed by atoms with E-state index in [1.165, 1.54) is 18.3 Å². The molecule has 0 spiro atoms. The lowest BCUT2D eigenvalue weighted by atomic mass is 9.93. The molecule has 2 saturated heterocycles. The summed E-state index contributed by atoms with van der Waals surface area (Å²) in [5.74, 6) is -2.58. The zero-order chi connectivity index (χ0) is 27.5. The van der Waals surface area contributed by atoms with Gasteiger partial charge in [0.1, 0.15) is 29.1 Å². The van der Waals surface area contributed by atoms with Gasteiger partial charge in [0.2, 0.25) is 11.9 Å². The number of amides is 1. The Morgan fingerprint density at radius 1 is 0.949 bits per heavy atom. The average Bonchev–Trinajstić information content (AvgIpc) is 2.93. The van der Waals surface area contributed by atoms with Crippen LogP contribution in [0, 0.1) is 29.2 Å². The van der Waals surface area contributed by atoms with E-state index >= 15 is 0 Å². The standard InChI is InChI=1S/C28H30F4N6O/c29-19-4-3-17(24(31)12-19)14-34-27-23(22-6-5-20(30)13-25(22)32)15-35-28(36-27)37-10-7-21(8-11-37)38-9-1-2-18(16-38)26(33)39/h3-6,12-13,15,18,21H,1-2,7-11,14,16H2,(H2,33,39)(H,34,35,36). The molecule has 3 aromatic rings. The first-order valence-corrected chi connectivity index (χ1v) is 13.1. The molecule has 2 fully saturated rings. The predicted octanol–water partition coefficient (Wildman–Crippen LogP) is 4.48. The SMILES string of the molecule is NC(=O)C1CCCN(C2CCN(c3ncc(-c4ccc(F)cc4F)c(NCc4ccc(F)cc4F)n3)CC2)C1. The van der Waals surface area contributed by atoms with E-state index in [2.05, 4.69) is 20.2 Å². The number of aromatic nitrogens is 2. The van der Waals surface area contributed by atoms with Gasteiger partial charge >= 0.3 is 0 Å². The number of carbonyl (C=O) groups excluding carboxylic acids is 1. The van der Waals surface area contributed by atoms with E-state index in [1.54, 1.807) is 0 Å². The van der Waals surface area contributed by atoms with Gasteiger partial charge in [-0.25, -0.2) is 22.5 Å². The zero-order valence-corrected chi connectivity index (χ0v) is 21.3. The molecule has 1 aromatic heterocycles. The molecule has 206 valence electrons. The maximum atomic E-state index is 14.7. The van der Waals surface area contributed by atoms with Crippen LogP contribution in [-0.2, 0) is 11.3 Å². The molecular formula is C28H30F4N6O. The lowest BCUT2D eigenvalue weighted by Crippen LogP contribution is -2.50. The van der Waals surface area contributed by atoms with E-state index in [4.69, 9.17) is 5.73 Å². The maximum absolute atomic E-state index is 14.7. The first-order chi connectivity index (χ1) is 18.8. The van der Waals surface area contributed by atoms with E-state index in [9.17, 15) is 22.4 Å². The molecule has 0 saturated carbocycles. The number of halogens is 4. The van der Waals surface area contributed by atoms with Gasteiger partial charge in [-0.1, -0.05) is 6.07 Å². The second-order valence-electron chi connectivity index (χ2n) is 10.1. The Morgan fingerprint density at radius 3 is 2.36 bits per heavy atom. The van der Waals surface area contributed by atoms with Crippen LogP contribution in [-0.4, -0.2) is 53.0 Å². The summed E-state index contributed by atoms with van der Waals surface area (Å²) in [6, 6.07) is 6.83. The lowest BCUT2D eigenvalue weighted by molar-refractivity contribution is -0.123. The Bertz CT molecular complexity index is 1350. The monoisotopic (exact) mass is 542 g/mol. The number of primary amides is 1. The summed E-state index contributed by atoms with van der Waals surface area (Å²) >= 11 is 0. The molecule has 39 heavy (non-hydrogen) atoms. The van der Waals surface area contributed by atoms with Crippen LogP contribution in [0.15, 0.2) is 42.6 Å². The Labute approximate surface area is 224 Å². The smallest absolute Gasteiger partial charge is 0.227 e. The van der Waals surface area contributed by atoms with E-state index < -0.39 is 23.3 Å². The fourth-order valence-electron chi connectivity index (χ4n) is 5.41. The van der Waals surface area contributed by atoms with Gasteiger partial charge in [0, 0.05) is 67.2 Å². The van der Waals surface area contributed by atoms with Crippen LogP contribution < -0.4 is 16.0 Å². The molecule has 2 aliphatic rings. The molecule has 2 aromatic carbocycles. The number of rotatable bonds is 7. The van der Waals surface area contributed by atoms with Crippen LogP contribution in [0.2, 0.25) is 0 Å². The van der Waals surface area contributed by atoms with Crippen molar-refractivity contribution in [3.8, 4) is 11.1 Å². The number of carbonyl (C=O) groups is 1. The minimum atomic E-state index is -0.779. The summed E-state index contributed by atoms with van der Waals surface area (Å²) in [5, 5.41) is 3.03. The predicted molar refractivity (Wildman–Crippen MR) is 140 cm³/mol. The second-order valence-corrected chi connectivity index (χ2v) is 10.1. The Hall–Kier alpha value is -3.73. The van der Waals surface area contributed by atoms with Crippen LogP contribution in [0.4, 0.5) is 29.3 Å². The number of likely N-dealkylation sites (tertiary alicyclic amines) is 1. The number of nitrogens with two attached hydrogens (primary N) is 1. The highest BCUT2D eigenvalue weighted by Gasteiger charge is 2.31. The van der Waals surface area contributed by atoms with Crippen molar-refractivity contribution in [3.63, 3.8) is 0 Å². The summed E-state index contributed by atoms with van der Waals surface area (Å²) < 4.78 is 55.8. The molecule has 3 heterocycles. The molecular weight excluding hydrogens is 512 g/mol. The van der Waals surface area contributed by atoms with Crippen molar-refractivity contribution in [3.05, 3.63) is 71.4 Å². The number of anilines is 2. The molecule has 0 radical (unpaired) electrons. The van der Waals surface area contributed by atoms with Crippen molar-refractivity contribution in [2.24, 2.45) is 11.7 Å². The van der Waals surface area contributed by atoms with Gasteiger partial charge in [-0.05, 0) is 50.4 Å². The molecule has 11 heteroatoms. The molecule has 1 atom stereocenters. The summed E-state index contributed by atoms with van der Waals surface area (Å²) in [7, 11) is 0. The van der Waals surface area contributed by atoms with Gasteiger partial charge < -0.3 is 16.0 Å². The lowest BCUT2D eigenvalue weighted by Gasteiger charge is -2.41. The molecule has 0 aliphatic carbocycles. The first kappa shape index (κ1) is 26.9. The van der Waals surface area contributed by atoms with Crippen molar-refractivity contribution >= 4 is 17.7 Å². The van der Waals surface area contributed by atoms with Gasteiger partial charge in [-0.2, -0.15) is 4.98 Å². The van der Waals surface area contributed by atoms with Crippen molar-refractivity contribution in [2.45, 2.75) is 38.3 Å². The van der Waals surface area contributed by atoms with Crippen LogP contribution >= 0.6 is 0 Å². The number of nitrogens with zero attached hydrogens (tertiary/aromatic N) is 4. The number of hydrogen-bond acceptors (Lipinski definition) is 6. The number of nitrogens with one attached hydrogen (secondary N) is 1. The van der Waals surface area contributed by atoms with Gasteiger partial charge in [0.15, 0.2) is 0 Å². The van der Waals surface area contributed by atoms with Crippen molar-refractivity contribution in [1.82, 2.24) is 14.9 Å². The Morgan fingerprint density at radius 2 is 1.67 bits per heavy atom. The third-order valence-electron chi connectivity index (χ3n) is 7.58. The van der Waals surface area contributed by atoms with E-state index in [-0.39, 0.29) is 35.3 Å². The Kier molecular flexibility index (Phi) is 7.97. The molecule has 1 amide bonds. The molecule has 7 nitrogen and oxygen atoms in total. The van der Waals surface area contributed by atoms with Gasteiger partial charge in [-0.15, -0.1) is 0 Å². The fourth-order valence-corrected chi connectivity index (χ4v) is 5.41. The van der Waals surface area contributed by atoms with Crippen LogP contribution in [0.1, 0.15) is 31.2 Å². The maximum Gasteiger partial charge on any atom is 0.227 e. The molecule has 2 aliphatic heterocycles. The normalized spacial score (nSPS) is 18.8. The average molecular weight is 543 g/mol. The molecule has 5 rings (SSSR count). The summed E-state index contributed by atoms with van der Waals surface area (Å²) in [6.07, 6.45) is 4.95. The minimum absolute atomic E-state index is 0.0313. The number of hydrogen-bond donors (Lipinski definition) is 2. The summed E-state index contributed by atoms with van der Waals surface area (Å²) in [6.45, 7) is 2.95. The fraction of sp³-hybridized carbons (Fsp3) is 0.393. The molecule has 3 N–H and O–H groups in total. The molecule has 1 unspecified atom stereocenters. The van der Waals surface area contributed by atoms with Crippen LogP contribution in [0.25, 0.3) is 11.1 Å². The quantitative estimate of drug-likeness (QED) is 0.429. The highest BCUT2D eigenvalue weighted by atomic mass is 19.1. The van der Waals surface area contributed by atoms with Crippen LogP contribution in [0.5, 0.6) is 0 Å². The van der Waals surface area contributed by atoms with Crippen LogP contribution in [0.3, 0.4) is 0 Å². The van der Waals surface area contributed by atoms with E-state index in [0.717, 1.165) is 56.5 Å². The zero-order valence-electron chi connectivity index (χ0n) is 21.3. The van der Waals surface area contributed by atoms with Crippen molar-refractivity contribution in [1.29, 1.82) is 0 Å². The van der Waals surface area contributed by atoms with Gasteiger partial charge in [-0.3, -0.25) is 9.69 Å². The highest BCUT2D eigenvalue weighted by molar-refractivity contribution is 5.77.